The van der Waals surface area contributed by atoms with Gasteiger partial charge in [-0.2, -0.15) is 0 Å². The second kappa shape index (κ2) is 5.47. The first kappa shape index (κ1) is 13.7. The van der Waals surface area contributed by atoms with Crippen LogP contribution in [0.15, 0.2) is 36.4 Å². The highest BCUT2D eigenvalue weighted by Gasteiger charge is 2.17. The van der Waals surface area contributed by atoms with E-state index in [9.17, 15) is 10.0 Å². The molecule has 19 heavy (non-hydrogen) atoms. The molecule has 4 heteroatoms. The highest BCUT2D eigenvalue weighted by atomic mass is 16.5. The van der Waals surface area contributed by atoms with Crippen LogP contribution in [0.25, 0.3) is 11.1 Å². The maximum absolute atomic E-state index is 9.27. The number of benzene rings is 2. The van der Waals surface area contributed by atoms with E-state index in [4.69, 9.17) is 4.74 Å². The lowest BCUT2D eigenvalue weighted by molar-refractivity contribution is 0.403. The molecule has 0 aromatic heterocycles. The predicted octanol–water partition coefficient (Wildman–Crippen LogP) is 1.66. The highest BCUT2D eigenvalue weighted by molar-refractivity contribution is 6.59. The molecule has 0 bridgehead atoms. The van der Waals surface area contributed by atoms with Gasteiger partial charge >= 0.3 is 7.12 Å². The largest absolute Gasteiger partial charge is 0.497 e. The average Bonchev–Trinajstić information content (AvgIpc) is 2.41. The van der Waals surface area contributed by atoms with Crippen molar-refractivity contribution in [3.63, 3.8) is 0 Å². The zero-order chi connectivity index (χ0) is 14.0. The molecule has 2 N–H and O–H groups in total. The summed E-state index contributed by atoms with van der Waals surface area (Å²) >= 11 is 0. The Morgan fingerprint density at radius 3 is 2.42 bits per heavy atom. The minimum atomic E-state index is -1.53. The van der Waals surface area contributed by atoms with E-state index < -0.39 is 7.12 Å². The van der Waals surface area contributed by atoms with Crippen molar-refractivity contribution < 1.29 is 14.8 Å². The first-order valence-corrected chi connectivity index (χ1v) is 6.15. The lowest BCUT2D eigenvalue weighted by atomic mass is 9.78. The molecule has 0 aliphatic carbocycles. The van der Waals surface area contributed by atoms with E-state index in [0.29, 0.717) is 11.2 Å². The molecule has 3 nitrogen and oxygen atoms in total. The van der Waals surface area contributed by atoms with Crippen LogP contribution in [0.4, 0.5) is 0 Å². The quantitative estimate of drug-likeness (QED) is 0.821. The van der Waals surface area contributed by atoms with E-state index in [1.54, 1.807) is 6.07 Å². The molecule has 0 amide bonds. The monoisotopic (exact) mass is 256 g/mol. The van der Waals surface area contributed by atoms with Gasteiger partial charge in [0.25, 0.3) is 0 Å². The van der Waals surface area contributed by atoms with Crippen molar-refractivity contribution in [2.45, 2.75) is 13.8 Å². The van der Waals surface area contributed by atoms with Crippen LogP contribution < -0.4 is 10.2 Å². The minimum absolute atomic E-state index is 0.372. The Bertz CT molecular complexity index is 594. The van der Waals surface area contributed by atoms with Crippen LogP contribution in [0.5, 0.6) is 5.75 Å². The molecule has 2 aromatic rings. The van der Waals surface area contributed by atoms with E-state index >= 15 is 0 Å². The summed E-state index contributed by atoms with van der Waals surface area (Å²) in [5.41, 5.74) is 4.93. The van der Waals surface area contributed by atoms with E-state index in [0.717, 1.165) is 11.1 Å². The SMILES string of the molecule is COc1cc(-c2cccc(C)c2C)ccc1B(O)O. The van der Waals surface area contributed by atoms with Gasteiger partial charge in [0.15, 0.2) is 0 Å². The maximum Gasteiger partial charge on any atom is 0.492 e. The predicted molar refractivity (Wildman–Crippen MR) is 77.7 cm³/mol. The van der Waals surface area contributed by atoms with E-state index in [1.807, 2.05) is 24.3 Å². The first-order chi connectivity index (χ1) is 9.04. The van der Waals surface area contributed by atoms with Gasteiger partial charge in [-0.05, 0) is 42.2 Å². The third-order valence-corrected chi connectivity index (χ3v) is 3.43. The fraction of sp³-hybridized carbons (Fsp3) is 0.200. The third-order valence-electron chi connectivity index (χ3n) is 3.43. The van der Waals surface area contributed by atoms with Gasteiger partial charge in [-0.25, -0.2) is 0 Å². The fourth-order valence-electron chi connectivity index (χ4n) is 2.16. The van der Waals surface area contributed by atoms with Gasteiger partial charge in [0, 0.05) is 5.46 Å². The Hall–Kier alpha value is -1.78. The molecule has 0 spiro atoms. The average molecular weight is 256 g/mol. The summed E-state index contributed by atoms with van der Waals surface area (Å²) in [5, 5.41) is 18.5. The van der Waals surface area contributed by atoms with Gasteiger partial charge in [0.05, 0.1) is 7.11 Å². The first-order valence-electron chi connectivity index (χ1n) is 6.15. The Morgan fingerprint density at radius 2 is 1.79 bits per heavy atom. The lowest BCUT2D eigenvalue weighted by Gasteiger charge is -2.13. The standard InChI is InChI=1S/C15H17BO3/c1-10-5-4-6-13(11(10)2)12-7-8-14(16(17)18)15(9-12)19-3/h4-9,17-18H,1-3H3. The van der Waals surface area contributed by atoms with Crippen molar-refractivity contribution in [1.29, 1.82) is 0 Å². The molecule has 0 saturated carbocycles. The molecule has 0 unspecified atom stereocenters. The Kier molecular flexibility index (Phi) is 3.93. The molecule has 0 saturated heterocycles. The second-order valence-electron chi connectivity index (χ2n) is 4.58. The third kappa shape index (κ3) is 2.65. The van der Waals surface area contributed by atoms with Crippen LogP contribution in [0.2, 0.25) is 0 Å². The summed E-state index contributed by atoms with van der Waals surface area (Å²) in [5.74, 6) is 0.480. The van der Waals surface area contributed by atoms with Gasteiger partial charge in [0.1, 0.15) is 5.75 Å². The minimum Gasteiger partial charge on any atom is -0.497 e. The van der Waals surface area contributed by atoms with E-state index in [1.165, 1.54) is 18.2 Å². The summed E-state index contributed by atoms with van der Waals surface area (Å²) in [6, 6.07) is 11.5. The molecule has 0 atom stereocenters. The number of hydrogen-bond donors (Lipinski definition) is 2. The van der Waals surface area contributed by atoms with Gasteiger partial charge in [-0.15, -0.1) is 0 Å². The van der Waals surface area contributed by atoms with Gasteiger partial charge in [-0.3, -0.25) is 0 Å². The maximum atomic E-state index is 9.27. The van der Waals surface area contributed by atoms with Crippen molar-refractivity contribution in [2.75, 3.05) is 7.11 Å². The van der Waals surface area contributed by atoms with Crippen molar-refractivity contribution in [2.24, 2.45) is 0 Å². The van der Waals surface area contributed by atoms with E-state index in [2.05, 4.69) is 19.9 Å². The molecule has 0 radical (unpaired) electrons. The molecular formula is C15H17BO3. The van der Waals surface area contributed by atoms with Gasteiger partial charge in [0.2, 0.25) is 0 Å². The summed E-state index contributed by atoms with van der Waals surface area (Å²) in [6.45, 7) is 4.15. The van der Waals surface area contributed by atoms with Crippen molar-refractivity contribution in [1.82, 2.24) is 0 Å². The summed E-state index contributed by atoms with van der Waals surface area (Å²) in [7, 11) is -0.00345. The van der Waals surface area contributed by atoms with Crippen LogP contribution in [0.3, 0.4) is 0 Å². The number of aryl methyl sites for hydroxylation is 1. The Morgan fingerprint density at radius 1 is 1.05 bits per heavy atom. The number of rotatable bonds is 3. The van der Waals surface area contributed by atoms with Crippen molar-refractivity contribution in [3.05, 3.63) is 47.5 Å². The smallest absolute Gasteiger partial charge is 0.492 e. The summed E-state index contributed by atoms with van der Waals surface area (Å²) in [4.78, 5) is 0. The number of methoxy groups -OCH3 is 1. The molecular weight excluding hydrogens is 239 g/mol. The Labute approximate surface area is 113 Å². The normalized spacial score (nSPS) is 10.4. The number of ether oxygens (including phenoxy) is 1. The molecule has 0 fully saturated rings. The molecule has 2 aromatic carbocycles. The van der Waals surface area contributed by atoms with Crippen LogP contribution in [0, 0.1) is 13.8 Å². The van der Waals surface area contributed by atoms with Crippen LogP contribution in [-0.2, 0) is 0 Å². The van der Waals surface area contributed by atoms with Crippen LogP contribution >= 0.6 is 0 Å². The number of hydrogen-bond acceptors (Lipinski definition) is 3. The Balaban J connectivity index is 2.55. The fourth-order valence-corrected chi connectivity index (χ4v) is 2.16. The second-order valence-corrected chi connectivity index (χ2v) is 4.58. The van der Waals surface area contributed by atoms with E-state index in [-0.39, 0.29) is 0 Å². The highest BCUT2D eigenvalue weighted by Crippen LogP contribution is 2.27. The van der Waals surface area contributed by atoms with Crippen molar-refractivity contribution >= 4 is 12.6 Å². The molecule has 0 aliphatic rings. The topological polar surface area (TPSA) is 49.7 Å². The van der Waals surface area contributed by atoms with Crippen LogP contribution in [-0.4, -0.2) is 24.3 Å². The summed E-state index contributed by atoms with van der Waals surface area (Å²) in [6.07, 6.45) is 0. The lowest BCUT2D eigenvalue weighted by Crippen LogP contribution is -2.31. The zero-order valence-electron chi connectivity index (χ0n) is 11.3. The zero-order valence-corrected chi connectivity index (χ0v) is 11.3. The van der Waals surface area contributed by atoms with Gasteiger partial charge < -0.3 is 14.8 Å². The summed E-state index contributed by atoms with van der Waals surface area (Å²) < 4.78 is 5.22. The van der Waals surface area contributed by atoms with Crippen molar-refractivity contribution in [3.8, 4) is 16.9 Å². The molecule has 98 valence electrons. The molecule has 0 heterocycles. The van der Waals surface area contributed by atoms with Crippen LogP contribution in [0.1, 0.15) is 11.1 Å². The molecule has 0 aliphatic heterocycles. The molecule has 2 rings (SSSR count). The van der Waals surface area contributed by atoms with Gasteiger partial charge in [-0.1, -0.05) is 30.3 Å².